The van der Waals surface area contributed by atoms with E-state index >= 15 is 0 Å². The predicted octanol–water partition coefficient (Wildman–Crippen LogP) is 4.32. The molecule has 9 nitrogen and oxygen atoms in total. The smallest absolute Gasteiger partial charge is 0.269 e. The van der Waals surface area contributed by atoms with Crippen molar-refractivity contribution in [1.82, 2.24) is 15.8 Å². The third-order valence-corrected chi connectivity index (χ3v) is 5.08. The zero-order valence-electron chi connectivity index (χ0n) is 20.7. The Balaban J connectivity index is 1.62. The van der Waals surface area contributed by atoms with Gasteiger partial charge in [0.1, 0.15) is 6.61 Å². The molecule has 0 fully saturated rings. The third kappa shape index (κ3) is 7.36. The van der Waals surface area contributed by atoms with Gasteiger partial charge < -0.3 is 18.9 Å². The van der Waals surface area contributed by atoms with Gasteiger partial charge >= 0.3 is 0 Å². The summed E-state index contributed by atoms with van der Waals surface area (Å²) in [5.41, 5.74) is 6.21. The van der Waals surface area contributed by atoms with Crippen LogP contribution in [0.5, 0.6) is 23.0 Å². The second kappa shape index (κ2) is 13.6. The van der Waals surface area contributed by atoms with E-state index in [2.05, 4.69) is 22.8 Å². The highest BCUT2D eigenvalue weighted by Gasteiger charge is 2.15. The van der Waals surface area contributed by atoms with E-state index in [4.69, 9.17) is 18.9 Å². The minimum absolute atomic E-state index is 0.258. The van der Waals surface area contributed by atoms with Gasteiger partial charge in [-0.15, -0.1) is 0 Å². The van der Waals surface area contributed by atoms with Crippen molar-refractivity contribution < 1.29 is 28.5 Å². The van der Waals surface area contributed by atoms with E-state index in [-0.39, 0.29) is 6.61 Å². The SMILES string of the molecule is CCCCOc1ccc(C(=O)NNC(=O)c2ccc(OCc3ccccn3)c(OCC)c2)cc1OC. The van der Waals surface area contributed by atoms with Crippen molar-refractivity contribution in [2.75, 3.05) is 20.3 Å². The lowest BCUT2D eigenvalue weighted by molar-refractivity contribution is 0.0846. The van der Waals surface area contributed by atoms with Crippen molar-refractivity contribution in [3.05, 3.63) is 77.6 Å². The molecular weight excluding hydrogens is 462 g/mol. The van der Waals surface area contributed by atoms with Crippen LogP contribution in [0.3, 0.4) is 0 Å². The molecule has 3 rings (SSSR count). The predicted molar refractivity (Wildman–Crippen MR) is 135 cm³/mol. The number of carbonyl (C=O) groups is 2. The molecule has 0 radical (unpaired) electrons. The van der Waals surface area contributed by atoms with Crippen LogP contribution in [0, 0.1) is 0 Å². The lowest BCUT2D eigenvalue weighted by Crippen LogP contribution is -2.41. The summed E-state index contributed by atoms with van der Waals surface area (Å²) >= 11 is 0. The van der Waals surface area contributed by atoms with Crippen molar-refractivity contribution in [3.8, 4) is 23.0 Å². The van der Waals surface area contributed by atoms with Crippen LogP contribution in [0.4, 0.5) is 0 Å². The summed E-state index contributed by atoms with van der Waals surface area (Å²) < 4.78 is 22.5. The Morgan fingerprint density at radius 2 is 1.47 bits per heavy atom. The molecule has 0 unspecified atom stereocenters. The van der Waals surface area contributed by atoms with Crippen LogP contribution >= 0.6 is 0 Å². The molecule has 0 bridgehead atoms. The molecule has 9 heteroatoms. The molecule has 3 aromatic rings. The summed E-state index contributed by atoms with van der Waals surface area (Å²) in [6, 6.07) is 15.2. The number of ether oxygens (including phenoxy) is 4. The van der Waals surface area contributed by atoms with E-state index in [9.17, 15) is 9.59 Å². The van der Waals surface area contributed by atoms with Crippen LogP contribution in [-0.2, 0) is 6.61 Å². The Hall–Kier alpha value is -4.27. The summed E-state index contributed by atoms with van der Waals surface area (Å²) in [7, 11) is 1.51. The quantitative estimate of drug-likeness (QED) is 0.286. The van der Waals surface area contributed by atoms with Crippen LogP contribution < -0.4 is 29.8 Å². The van der Waals surface area contributed by atoms with Crippen LogP contribution in [0.2, 0.25) is 0 Å². The van der Waals surface area contributed by atoms with Gasteiger partial charge in [0.05, 0.1) is 26.0 Å². The maximum atomic E-state index is 12.7. The summed E-state index contributed by atoms with van der Waals surface area (Å²) in [4.78, 5) is 29.5. The number of hydrazine groups is 1. The highest BCUT2D eigenvalue weighted by atomic mass is 16.5. The molecule has 0 saturated heterocycles. The molecule has 0 saturated carbocycles. The zero-order valence-corrected chi connectivity index (χ0v) is 20.7. The van der Waals surface area contributed by atoms with Gasteiger partial charge in [-0.2, -0.15) is 0 Å². The molecule has 36 heavy (non-hydrogen) atoms. The maximum absolute atomic E-state index is 12.7. The van der Waals surface area contributed by atoms with Crippen molar-refractivity contribution in [1.29, 1.82) is 0 Å². The number of hydrogen-bond donors (Lipinski definition) is 2. The van der Waals surface area contributed by atoms with Gasteiger partial charge in [0.25, 0.3) is 11.8 Å². The van der Waals surface area contributed by atoms with Crippen molar-refractivity contribution in [2.24, 2.45) is 0 Å². The van der Waals surface area contributed by atoms with Crippen LogP contribution in [-0.4, -0.2) is 37.1 Å². The van der Waals surface area contributed by atoms with Gasteiger partial charge in [0.15, 0.2) is 23.0 Å². The monoisotopic (exact) mass is 493 g/mol. The number of methoxy groups -OCH3 is 1. The summed E-state index contributed by atoms with van der Waals surface area (Å²) in [6.07, 6.45) is 3.62. The molecule has 0 atom stereocenters. The Bertz CT molecular complexity index is 1150. The first-order chi connectivity index (χ1) is 17.5. The number of aromatic nitrogens is 1. The third-order valence-electron chi connectivity index (χ3n) is 5.08. The average molecular weight is 494 g/mol. The van der Waals surface area contributed by atoms with Gasteiger partial charge in [-0.25, -0.2) is 0 Å². The van der Waals surface area contributed by atoms with E-state index in [0.29, 0.717) is 47.3 Å². The number of benzene rings is 2. The minimum Gasteiger partial charge on any atom is -0.493 e. The first-order valence-corrected chi connectivity index (χ1v) is 11.8. The number of amides is 2. The molecule has 0 aliphatic heterocycles. The molecule has 190 valence electrons. The second-order valence-electron chi connectivity index (χ2n) is 7.68. The Morgan fingerprint density at radius 3 is 2.06 bits per heavy atom. The van der Waals surface area contributed by atoms with Crippen LogP contribution in [0.1, 0.15) is 53.1 Å². The Morgan fingerprint density at radius 1 is 0.806 bits per heavy atom. The zero-order chi connectivity index (χ0) is 25.8. The van der Waals surface area contributed by atoms with Gasteiger partial charge in [0.2, 0.25) is 0 Å². The van der Waals surface area contributed by atoms with Crippen molar-refractivity contribution in [3.63, 3.8) is 0 Å². The van der Waals surface area contributed by atoms with Gasteiger partial charge in [-0.05, 0) is 61.9 Å². The number of hydrogen-bond acceptors (Lipinski definition) is 7. The lowest BCUT2D eigenvalue weighted by Gasteiger charge is -2.14. The Labute approximate surface area is 210 Å². The largest absolute Gasteiger partial charge is 0.493 e. The fourth-order valence-electron chi connectivity index (χ4n) is 3.18. The van der Waals surface area contributed by atoms with E-state index in [1.807, 2.05) is 25.1 Å². The standard InChI is InChI=1S/C27H31N3O6/c1-4-6-15-35-22-12-10-19(16-24(22)33-3)26(31)29-30-27(32)20-11-13-23(25(17-20)34-5-2)36-18-21-9-7-8-14-28-21/h7-14,16-17H,4-6,15,18H2,1-3H3,(H,29,31)(H,30,32). The number of pyridine rings is 1. The first kappa shape index (κ1) is 26.3. The highest BCUT2D eigenvalue weighted by molar-refractivity contribution is 5.99. The van der Waals surface area contributed by atoms with Gasteiger partial charge in [-0.1, -0.05) is 19.4 Å². The minimum atomic E-state index is -0.507. The molecule has 1 aromatic heterocycles. The topological polar surface area (TPSA) is 108 Å². The number of unbranched alkanes of at least 4 members (excludes halogenated alkanes) is 1. The summed E-state index contributed by atoms with van der Waals surface area (Å²) in [5.74, 6) is 0.884. The molecule has 2 N–H and O–H groups in total. The second-order valence-corrected chi connectivity index (χ2v) is 7.68. The first-order valence-electron chi connectivity index (χ1n) is 11.8. The molecule has 2 aromatic carbocycles. The van der Waals surface area contributed by atoms with E-state index in [0.717, 1.165) is 18.5 Å². The summed E-state index contributed by atoms with van der Waals surface area (Å²) in [6.45, 7) is 5.12. The Kier molecular flexibility index (Phi) is 9.93. The maximum Gasteiger partial charge on any atom is 0.269 e. The molecule has 0 aliphatic rings. The highest BCUT2D eigenvalue weighted by Crippen LogP contribution is 2.30. The number of rotatable bonds is 12. The molecule has 0 aliphatic carbocycles. The lowest BCUT2D eigenvalue weighted by atomic mass is 10.2. The molecule has 2 amide bonds. The number of nitrogens with one attached hydrogen (secondary N) is 2. The number of nitrogens with zero attached hydrogens (tertiary/aromatic N) is 1. The molecule has 1 heterocycles. The molecule has 0 spiro atoms. The van der Waals surface area contributed by atoms with Crippen molar-refractivity contribution in [2.45, 2.75) is 33.3 Å². The molecular formula is C27H31N3O6. The number of carbonyl (C=O) groups excluding carboxylic acids is 2. The van der Waals surface area contributed by atoms with Gasteiger partial charge in [-0.3, -0.25) is 25.4 Å². The van der Waals surface area contributed by atoms with Crippen molar-refractivity contribution >= 4 is 11.8 Å². The van der Waals surface area contributed by atoms with Crippen LogP contribution in [0.25, 0.3) is 0 Å². The van der Waals surface area contributed by atoms with E-state index in [1.54, 1.807) is 42.6 Å². The normalized spacial score (nSPS) is 10.3. The fourth-order valence-corrected chi connectivity index (χ4v) is 3.18. The fraction of sp³-hybridized carbons (Fsp3) is 0.296. The van der Waals surface area contributed by atoms with Crippen LogP contribution in [0.15, 0.2) is 60.8 Å². The van der Waals surface area contributed by atoms with Gasteiger partial charge in [0, 0.05) is 17.3 Å². The summed E-state index contributed by atoms with van der Waals surface area (Å²) in [5, 5.41) is 0. The average Bonchev–Trinajstić information content (AvgIpc) is 2.91. The van der Waals surface area contributed by atoms with E-state index < -0.39 is 11.8 Å². The van der Waals surface area contributed by atoms with E-state index in [1.165, 1.54) is 7.11 Å².